The molecule has 0 bridgehead atoms. The van der Waals surface area contributed by atoms with E-state index in [1.807, 2.05) is 13.8 Å². The van der Waals surface area contributed by atoms with Crippen LogP contribution in [0.4, 0.5) is 0 Å². The predicted molar refractivity (Wildman–Crippen MR) is 72.5 cm³/mol. The highest BCUT2D eigenvalue weighted by molar-refractivity contribution is 5.96. The number of ether oxygens (including phenoxy) is 1. The maximum absolute atomic E-state index is 12.0. The maximum Gasteiger partial charge on any atom is 0.328 e. The van der Waals surface area contributed by atoms with E-state index in [-0.39, 0.29) is 11.8 Å². The first-order chi connectivity index (χ1) is 8.99. The highest BCUT2D eigenvalue weighted by atomic mass is 16.5. The second-order valence-electron chi connectivity index (χ2n) is 4.44. The summed E-state index contributed by atoms with van der Waals surface area (Å²) in [6.45, 7) is 3.67. The Morgan fingerprint density at radius 1 is 1.26 bits per heavy atom. The SMILES string of the molecule is C#Cc1ccc(C(=O)NC(C(=O)OC)C(C)C)cc1. The summed E-state index contributed by atoms with van der Waals surface area (Å²) in [5.41, 5.74) is 1.15. The van der Waals surface area contributed by atoms with Gasteiger partial charge >= 0.3 is 5.97 Å². The third-order valence-electron chi connectivity index (χ3n) is 2.72. The van der Waals surface area contributed by atoms with Crippen molar-refractivity contribution in [3.05, 3.63) is 35.4 Å². The fourth-order valence-electron chi connectivity index (χ4n) is 1.57. The molecule has 1 aromatic rings. The van der Waals surface area contributed by atoms with Crippen molar-refractivity contribution in [3.63, 3.8) is 0 Å². The zero-order chi connectivity index (χ0) is 14.4. The minimum Gasteiger partial charge on any atom is -0.467 e. The Morgan fingerprint density at radius 2 is 1.84 bits per heavy atom. The van der Waals surface area contributed by atoms with Crippen LogP contribution >= 0.6 is 0 Å². The van der Waals surface area contributed by atoms with Gasteiger partial charge in [-0.05, 0) is 30.2 Å². The van der Waals surface area contributed by atoms with Crippen LogP contribution < -0.4 is 5.32 Å². The van der Waals surface area contributed by atoms with Gasteiger partial charge in [0.1, 0.15) is 6.04 Å². The molecule has 4 nitrogen and oxygen atoms in total. The first kappa shape index (κ1) is 14.8. The van der Waals surface area contributed by atoms with E-state index in [0.717, 1.165) is 0 Å². The molecule has 0 heterocycles. The van der Waals surface area contributed by atoms with Crippen molar-refractivity contribution in [1.82, 2.24) is 5.32 Å². The summed E-state index contributed by atoms with van der Waals surface area (Å²) >= 11 is 0. The van der Waals surface area contributed by atoms with Crippen LogP contribution in [0.5, 0.6) is 0 Å². The fraction of sp³-hybridized carbons (Fsp3) is 0.333. The standard InChI is InChI=1S/C15H17NO3/c1-5-11-6-8-12(9-7-11)14(17)16-13(10(2)3)15(18)19-4/h1,6-10,13H,2-4H3,(H,16,17). The Labute approximate surface area is 113 Å². The smallest absolute Gasteiger partial charge is 0.328 e. The molecule has 0 fully saturated rings. The van der Waals surface area contributed by atoms with Gasteiger partial charge in [0.05, 0.1) is 7.11 Å². The van der Waals surface area contributed by atoms with Gasteiger partial charge in [-0.2, -0.15) is 0 Å². The van der Waals surface area contributed by atoms with Crippen LogP contribution in [0.3, 0.4) is 0 Å². The maximum atomic E-state index is 12.0. The van der Waals surface area contributed by atoms with E-state index >= 15 is 0 Å². The van der Waals surface area contributed by atoms with Crippen LogP contribution in [-0.2, 0) is 9.53 Å². The average Bonchev–Trinajstić information content (AvgIpc) is 2.43. The van der Waals surface area contributed by atoms with Crippen LogP contribution in [-0.4, -0.2) is 25.0 Å². The molecule has 0 aliphatic carbocycles. The predicted octanol–water partition coefficient (Wildman–Crippen LogP) is 1.60. The monoisotopic (exact) mass is 259 g/mol. The first-order valence-electron chi connectivity index (χ1n) is 5.95. The second kappa shape index (κ2) is 6.60. The first-order valence-corrected chi connectivity index (χ1v) is 5.95. The van der Waals surface area contributed by atoms with E-state index in [4.69, 9.17) is 6.42 Å². The molecule has 1 amide bonds. The summed E-state index contributed by atoms with van der Waals surface area (Å²) in [5.74, 6) is 1.64. The van der Waals surface area contributed by atoms with E-state index in [0.29, 0.717) is 11.1 Å². The molecule has 1 N–H and O–H groups in total. The molecule has 1 atom stereocenters. The van der Waals surface area contributed by atoms with Crippen LogP contribution in [0.25, 0.3) is 0 Å². The summed E-state index contributed by atoms with van der Waals surface area (Å²) in [6.07, 6.45) is 5.24. The molecular weight excluding hydrogens is 242 g/mol. The van der Waals surface area contributed by atoms with E-state index in [1.54, 1.807) is 24.3 Å². The lowest BCUT2D eigenvalue weighted by Crippen LogP contribution is -2.45. The van der Waals surface area contributed by atoms with Crippen LogP contribution in [0.1, 0.15) is 29.8 Å². The quantitative estimate of drug-likeness (QED) is 0.660. The number of esters is 1. The molecule has 0 saturated heterocycles. The van der Waals surface area contributed by atoms with E-state index in [9.17, 15) is 9.59 Å². The number of amides is 1. The minimum atomic E-state index is -0.662. The van der Waals surface area contributed by atoms with Crippen molar-refractivity contribution in [2.45, 2.75) is 19.9 Å². The Balaban J connectivity index is 2.82. The van der Waals surface area contributed by atoms with E-state index < -0.39 is 12.0 Å². The van der Waals surface area contributed by atoms with Gasteiger partial charge in [0.25, 0.3) is 5.91 Å². The number of rotatable bonds is 4. The van der Waals surface area contributed by atoms with Crippen LogP contribution in [0.15, 0.2) is 24.3 Å². The number of terminal acetylenes is 1. The summed E-state index contributed by atoms with van der Waals surface area (Å²) in [4.78, 5) is 23.6. The molecule has 0 aliphatic heterocycles. The molecule has 1 unspecified atom stereocenters. The van der Waals surface area contributed by atoms with Crippen molar-refractivity contribution in [2.75, 3.05) is 7.11 Å². The lowest BCUT2D eigenvalue weighted by atomic mass is 10.0. The molecule has 0 saturated carbocycles. The zero-order valence-corrected chi connectivity index (χ0v) is 11.3. The van der Waals surface area contributed by atoms with Gasteiger partial charge in [0, 0.05) is 11.1 Å². The summed E-state index contributed by atoms with van der Waals surface area (Å²) in [6, 6.07) is 5.94. The largest absolute Gasteiger partial charge is 0.467 e. The van der Waals surface area contributed by atoms with E-state index in [1.165, 1.54) is 7.11 Å². The summed E-state index contributed by atoms with van der Waals surface area (Å²) in [5, 5.41) is 2.66. The van der Waals surface area contributed by atoms with Crippen molar-refractivity contribution >= 4 is 11.9 Å². The van der Waals surface area contributed by atoms with Gasteiger partial charge in [-0.1, -0.05) is 19.8 Å². The molecule has 1 aromatic carbocycles. The number of hydrogen-bond donors (Lipinski definition) is 1. The minimum absolute atomic E-state index is 0.0543. The van der Waals surface area contributed by atoms with Gasteiger partial charge in [0.15, 0.2) is 0 Å². The summed E-state index contributed by atoms with van der Waals surface area (Å²) < 4.78 is 4.67. The molecule has 1 rings (SSSR count). The van der Waals surface area contributed by atoms with Crippen molar-refractivity contribution < 1.29 is 14.3 Å². The molecule has 100 valence electrons. The normalized spacial score (nSPS) is 11.5. The third kappa shape index (κ3) is 3.85. The number of hydrogen-bond acceptors (Lipinski definition) is 3. The Hall–Kier alpha value is -2.28. The number of methoxy groups -OCH3 is 1. The number of carbonyl (C=O) groups is 2. The van der Waals surface area contributed by atoms with Gasteiger partial charge in [-0.15, -0.1) is 6.42 Å². The Kier molecular flexibility index (Phi) is 5.13. The van der Waals surface area contributed by atoms with Crippen molar-refractivity contribution in [2.24, 2.45) is 5.92 Å². The van der Waals surface area contributed by atoms with Gasteiger partial charge in [-0.25, -0.2) is 4.79 Å². The number of nitrogens with one attached hydrogen (secondary N) is 1. The molecule has 0 spiro atoms. The molecule has 0 aromatic heterocycles. The van der Waals surface area contributed by atoms with Crippen molar-refractivity contribution in [3.8, 4) is 12.3 Å². The summed E-state index contributed by atoms with van der Waals surface area (Å²) in [7, 11) is 1.30. The molecule has 0 aliphatic rings. The van der Waals surface area contributed by atoms with E-state index in [2.05, 4.69) is 16.0 Å². The van der Waals surface area contributed by atoms with Crippen molar-refractivity contribution in [1.29, 1.82) is 0 Å². The molecular formula is C15H17NO3. The zero-order valence-electron chi connectivity index (χ0n) is 11.3. The van der Waals surface area contributed by atoms with Crippen LogP contribution in [0, 0.1) is 18.3 Å². The van der Waals surface area contributed by atoms with Gasteiger partial charge in [-0.3, -0.25) is 4.79 Å². The highest BCUT2D eigenvalue weighted by Crippen LogP contribution is 2.07. The second-order valence-corrected chi connectivity index (χ2v) is 4.44. The Morgan fingerprint density at radius 3 is 2.26 bits per heavy atom. The van der Waals surface area contributed by atoms with Gasteiger partial charge < -0.3 is 10.1 Å². The number of carbonyl (C=O) groups excluding carboxylic acids is 2. The van der Waals surface area contributed by atoms with Gasteiger partial charge in [0.2, 0.25) is 0 Å². The molecule has 0 radical (unpaired) electrons. The fourth-order valence-corrected chi connectivity index (χ4v) is 1.57. The average molecular weight is 259 g/mol. The lowest BCUT2D eigenvalue weighted by Gasteiger charge is -2.19. The molecule has 19 heavy (non-hydrogen) atoms. The highest BCUT2D eigenvalue weighted by Gasteiger charge is 2.25. The van der Waals surface area contributed by atoms with Crippen LogP contribution in [0.2, 0.25) is 0 Å². The molecule has 4 heteroatoms. The topological polar surface area (TPSA) is 55.4 Å². The third-order valence-corrected chi connectivity index (χ3v) is 2.72. The number of benzene rings is 1. The lowest BCUT2D eigenvalue weighted by molar-refractivity contribution is -0.144. The Bertz CT molecular complexity index is 497.